The minimum absolute atomic E-state index is 0.976. The third-order valence-electron chi connectivity index (χ3n) is 8.99. The lowest BCUT2D eigenvalue weighted by atomic mass is 9.92. The van der Waals surface area contributed by atoms with Gasteiger partial charge in [0.2, 0.25) is 0 Å². The summed E-state index contributed by atoms with van der Waals surface area (Å²) in [4.78, 5) is 6.20. The van der Waals surface area contributed by atoms with Crippen LogP contribution in [0.25, 0.3) is 60.1 Å². The number of hydrogen-bond donors (Lipinski definition) is 1. The van der Waals surface area contributed by atoms with Crippen molar-refractivity contribution in [2.75, 3.05) is 4.90 Å². The topological polar surface area (TPSA) is 19.0 Å². The van der Waals surface area contributed by atoms with Gasteiger partial charge in [-0.05, 0) is 93.7 Å². The molecule has 0 aliphatic carbocycles. The minimum Gasteiger partial charge on any atom is -0.354 e. The summed E-state index contributed by atoms with van der Waals surface area (Å²) in [5, 5.41) is 7.39. The maximum atomic E-state index is 4.48. The Kier molecular flexibility index (Phi) is 7.24. The van der Waals surface area contributed by atoms with E-state index in [1.165, 1.54) is 43.4 Å². The van der Waals surface area contributed by atoms with Crippen molar-refractivity contribution < 1.29 is 0 Å². The molecule has 0 radical (unpaired) electrons. The number of nitrogens with one attached hydrogen (secondary N) is 1. The normalized spacial score (nSPS) is 11.9. The monoisotopic (exact) mass is 602 g/mol. The number of nitrogens with zero attached hydrogens (tertiary/aromatic N) is 1. The van der Waals surface area contributed by atoms with Crippen molar-refractivity contribution in [3.05, 3.63) is 182 Å². The Balaban J connectivity index is 1.38. The molecule has 224 valence electrons. The molecule has 0 atom stereocenters. The van der Waals surface area contributed by atoms with E-state index in [1.807, 2.05) is 19.1 Å². The zero-order valence-electron chi connectivity index (χ0n) is 26.3. The van der Waals surface area contributed by atoms with Crippen molar-refractivity contribution in [2.45, 2.75) is 6.92 Å². The standard InChI is InChI=1S/C45H34N2/c1-3-4-7-17-31(2)40-29-33-18-12-13-25-37(33)44-43-39-27-15-14-26-38(39)41(30-42(43)46-45(40)44)32-19-16-24-36(28-32)47(34-20-8-5-9-21-34)35-22-10-6-11-23-35/h3-30,46H,2H2,1H3/b4-3-,17-7-. The van der Waals surface area contributed by atoms with Gasteiger partial charge in [-0.25, -0.2) is 0 Å². The maximum absolute atomic E-state index is 4.48. The quantitative estimate of drug-likeness (QED) is 0.180. The van der Waals surface area contributed by atoms with Crippen LogP contribution in [0.2, 0.25) is 0 Å². The first-order valence-electron chi connectivity index (χ1n) is 16.1. The maximum Gasteiger partial charge on any atom is 0.0551 e. The lowest BCUT2D eigenvalue weighted by molar-refractivity contribution is 1.28. The number of aromatic nitrogens is 1. The summed E-state index contributed by atoms with van der Waals surface area (Å²) in [7, 11) is 0. The number of fused-ring (bicyclic) bond motifs is 7. The van der Waals surface area contributed by atoms with Crippen molar-refractivity contribution >= 4 is 66.0 Å². The van der Waals surface area contributed by atoms with Crippen molar-refractivity contribution in [3.63, 3.8) is 0 Å². The lowest BCUT2D eigenvalue weighted by Crippen LogP contribution is -2.09. The summed E-state index contributed by atoms with van der Waals surface area (Å²) in [5.74, 6) is 0. The molecule has 47 heavy (non-hydrogen) atoms. The average molecular weight is 603 g/mol. The fourth-order valence-corrected chi connectivity index (χ4v) is 6.89. The Morgan fingerprint density at radius 2 is 1.23 bits per heavy atom. The van der Waals surface area contributed by atoms with Gasteiger partial charge in [-0.1, -0.05) is 128 Å². The third-order valence-corrected chi connectivity index (χ3v) is 8.99. The molecular weight excluding hydrogens is 569 g/mol. The molecule has 8 aromatic rings. The summed E-state index contributed by atoms with van der Waals surface area (Å²) in [5.41, 5.74) is 10.0. The van der Waals surface area contributed by atoms with Gasteiger partial charge in [0.15, 0.2) is 0 Å². The van der Waals surface area contributed by atoms with E-state index in [4.69, 9.17) is 0 Å². The van der Waals surface area contributed by atoms with Gasteiger partial charge in [-0.15, -0.1) is 0 Å². The van der Waals surface area contributed by atoms with Crippen molar-refractivity contribution in [2.24, 2.45) is 0 Å². The van der Waals surface area contributed by atoms with E-state index in [2.05, 4.69) is 174 Å². The first-order valence-corrected chi connectivity index (χ1v) is 16.1. The minimum atomic E-state index is 0.976. The highest BCUT2D eigenvalue weighted by molar-refractivity contribution is 6.30. The van der Waals surface area contributed by atoms with Gasteiger partial charge >= 0.3 is 0 Å². The molecule has 0 unspecified atom stereocenters. The zero-order chi connectivity index (χ0) is 31.7. The molecule has 0 aliphatic rings. The van der Waals surface area contributed by atoms with E-state index >= 15 is 0 Å². The predicted molar refractivity (Wildman–Crippen MR) is 204 cm³/mol. The number of anilines is 3. The molecule has 0 saturated heterocycles. The van der Waals surface area contributed by atoms with Crippen LogP contribution in [0.5, 0.6) is 0 Å². The van der Waals surface area contributed by atoms with Crippen LogP contribution in [0.15, 0.2) is 176 Å². The van der Waals surface area contributed by atoms with E-state index in [-0.39, 0.29) is 0 Å². The fourth-order valence-electron chi connectivity index (χ4n) is 6.89. The van der Waals surface area contributed by atoms with E-state index in [0.717, 1.165) is 39.2 Å². The van der Waals surface area contributed by atoms with Crippen molar-refractivity contribution in [1.29, 1.82) is 0 Å². The Hall–Kier alpha value is -6.12. The van der Waals surface area contributed by atoms with E-state index in [1.54, 1.807) is 0 Å². The highest BCUT2D eigenvalue weighted by atomic mass is 15.1. The molecule has 0 fully saturated rings. The molecule has 0 bridgehead atoms. The Bertz CT molecular complexity index is 2440. The number of para-hydroxylation sites is 2. The Morgan fingerprint density at radius 1 is 0.596 bits per heavy atom. The molecule has 1 N–H and O–H groups in total. The summed E-state index contributed by atoms with van der Waals surface area (Å²) in [6.07, 6.45) is 8.22. The van der Waals surface area contributed by atoms with Crippen LogP contribution in [0.3, 0.4) is 0 Å². The van der Waals surface area contributed by atoms with E-state index in [9.17, 15) is 0 Å². The van der Waals surface area contributed by atoms with Crippen LogP contribution < -0.4 is 4.90 Å². The van der Waals surface area contributed by atoms with Gasteiger partial charge in [0.1, 0.15) is 0 Å². The van der Waals surface area contributed by atoms with E-state index in [0.29, 0.717) is 0 Å². The summed E-state index contributed by atoms with van der Waals surface area (Å²) in [6.45, 7) is 6.51. The van der Waals surface area contributed by atoms with Crippen LogP contribution in [-0.2, 0) is 0 Å². The highest BCUT2D eigenvalue weighted by Crippen LogP contribution is 2.44. The molecular formula is C45H34N2. The first-order chi connectivity index (χ1) is 23.2. The predicted octanol–water partition coefficient (Wildman–Crippen LogP) is 12.9. The number of aromatic amines is 1. The molecule has 2 nitrogen and oxygen atoms in total. The SMILES string of the molecule is C=C(/C=C\C=C/C)c1cc2ccccc2c2c1[nH]c1cc(-c3cccc(N(c4ccccc4)c4ccccc4)c3)c3ccccc3c12. The number of rotatable bonds is 7. The molecule has 0 amide bonds. The second-order valence-corrected chi connectivity index (χ2v) is 11.9. The van der Waals surface area contributed by atoms with Gasteiger partial charge < -0.3 is 9.88 Å². The number of benzene rings is 7. The van der Waals surface area contributed by atoms with Gasteiger partial charge in [-0.2, -0.15) is 0 Å². The zero-order valence-corrected chi connectivity index (χ0v) is 26.3. The summed E-state index contributed by atoms with van der Waals surface area (Å²) in [6, 6.07) is 52.1. The van der Waals surface area contributed by atoms with Crippen molar-refractivity contribution in [3.8, 4) is 11.1 Å². The third kappa shape index (κ3) is 5.01. The smallest absolute Gasteiger partial charge is 0.0551 e. The highest BCUT2D eigenvalue weighted by Gasteiger charge is 2.19. The molecule has 0 aliphatic heterocycles. The van der Waals surface area contributed by atoms with Gasteiger partial charge in [0.25, 0.3) is 0 Å². The first kappa shape index (κ1) is 28.4. The van der Waals surface area contributed by atoms with Crippen LogP contribution >= 0.6 is 0 Å². The van der Waals surface area contributed by atoms with Crippen LogP contribution in [0.4, 0.5) is 17.1 Å². The van der Waals surface area contributed by atoms with Crippen LogP contribution in [0.1, 0.15) is 12.5 Å². The second kappa shape index (κ2) is 12.0. The van der Waals surface area contributed by atoms with Crippen LogP contribution in [-0.4, -0.2) is 4.98 Å². The Labute approximate surface area is 275 Å². The fraction of sp³-hybridized carbons (Fsp3) is 0.0222. The molecule has 0 spiro atoms. The summed E-state index contributed by atoms with van der Waals surface area (Å²) >= 11 is 0. The molecule has 8 rings (SSSR count). The van der Waals surface area contributed by atoms with Gasteiger partial charge in [-0.3, -0.25) is 0 Å². The molecule has 1 heterocycles. The number of H-pyrrole nitrogens is 1. The second-order valence-electron chi connectivity index (χ2n) is 11.9. The molecule has 1 aromatic heterocycles. The van der Waals surface area contributed by atoms with E-state index < -0.39 is 0 Å². The van der Waals surface area contributed by atoms with Crippen LogP contribution in [0, 0.1) is 0 Å². The Morgan fingerprint density at radius 3 is 1.96 bits per heavy atom. The largest absolute Gasteiger partial charge is 0.354 e. The average Bonchev–Trinajstić information content (AvgIpc) is 3.52. The molecule has 0 saturated carbocycles. The molecule has 2 heteroatoms. The molecule has 7 aromatic carbocycles. The van der Waals surface area contributed by atoms with Crippen molar-refractivity contribution in [1.82, 2.24) is 4.98 Å². The lowest BCUT2D eigenvalue weighted by Gasteiger charge is -2.26. The summed E-state index contributed by atoms with van der Waals surface area (Å²) < 4.78 is 0. The number of hydrogen-bond acceptors (Lipinski definition) is 1. The number of allylic oxidation sites excluding steroid dienone is 5. The van der Waals surface area contributed by atoms with Gasteiger partial charge in [0.05, 0.1) is 5.52 Å². The van der Waals surface area contributed by atoms with Gasteiger partial charge in [0, 0.05) is 38.9 Å².